The van der Waals surface area contributed by atoms with Crippen molar-refractivity contribution in [3.8, 4) is 11.4 Å². The van der Waals surface area contributed by atoms with Gasteiger partial charge in [0.2, 0.25) is 5.95 Å². The van der Waals surface area contributed by atoms with Crippen LogP contribution in [0.1, 0.15) is 6.92 Å². The van der Waals surface area contributed by atoms with Crippen LogP contribution in [0.25, 0.3) is 11.4 Å². The van der Waals surface area contributed by atoms with Gasteiger partial charge in [-0.2, -0.15) is 4.98 Å². The molecular weight excluding hydrogens is 283 g/mol. The standard InChI is InChI=1S/C13H14F3N5/c1-7-6-21(5-4-17-7)13-18-12(19-20-13)8-2-3-9(14)11(16)10(8)15/h2-3,7,17H,4-6H2,1H3,(H,18,19,20)/t7-/m1/s1. The zero-order chi connectivity index (χ0) is 15.0. The first kappa shape index (κ1) is 13.9. The first-order chi connectivity index (χ1) is 10.1. The summed E-state index contributed by atoms with van der Waals surface area (Å²) in [5.74, 6) is -3.52. The Morgan fingerprint density at radius 2 is 2.05 bits per heavy atom. The fourth-order valence-corrected chi connectivity index (χ4v) is 2.34. The fraction of sp³-hybridized carbons (Fsp3) is 0.385. The third-order valence-corrected chi connectivity index (χ3v) is 3.42. The minimum Gasteiger partial charge on any atom is -0.337 e. The Balaban J connectivity index is 1.90. The maximum Gasteiger partial charge on any atom is 0.245 e. The molecule has 2 aromatic rings. The van der Waals surface area contributed by atoms with E-state index in [4.69, 9.17) is 0 Å². The number of hydrogen-bond donors (Lipinski definition) is 2. The Kier molecular flexibility index (Phi) is 3.54. The highest BCUT2D eigenvalue weighted by Gasteiger charge is 2.22. The first-order valence-corrected chi connectivity index (χ1v) is 6.61. The Morgan fingerprint density at radius 1 is 1.24 bits per heavy atom. The molecule has 1 aliphatic rings. The second-order valence-electron chi connectivity index (χ2n) is 5.01. The number of piperazine rings is 1. The maximum atomic E-state index is 13.7. The molecule has 112 valence electrons. The molecule has 1 fully saturated rings. The van der Waals surface area contributed by atoms with Gasteiger partial charge in [-0.15, -0.1) is 5.10 Å². The number of aromatic amines is 1. The summed E-state index contributed by atoms with van der Waals surface area (Å²) in [6.07, 6.45) is 0. The number of aromatic nitrogens is 3. The molecule has 5 nitrogen and oxygen atoms in total. The summed E-state index contributed by atoms with van der Waals surface area (Å²) in [5, 5.41) is 9.88. The van der Waals surface area contributed by atoms with E-state index in [0.717, 1.165) is 31.8 Å². The monoisotopic (exact) mass is 297 g/mol. The average molecular weight is 297 g/mol. The smallest absolute Gasteiger partial charge is 0.245 e. The van der Waals surface area contributed by atoms with Gasteiger partial charge in [-0.25, -0.2) is 13.2 Å². The Morgan fingerprint density at radius 3 is 2.81 bits per heavy atom. The summed E-state index contributed by atoms with van der Waals surface area (Å²) in [4.78, 5) is 6.12. The van der Waals surface area contributed by atoms with Crippen molar-refractivity contribution in [1.82, 2.24) is 20.5 Å². The Hall–Kier alpha value is -2.09. The molecule has 1 aromatic heterocycles. The van der Waals surface area contributed by atoms with Gasteiger partial charge in [0, 0.05) is 25.7 Å². The van der Waals surface area contributed by atoms with E-state index < -0.39 is 17.5 Å². The minimum atomic E-state index is -1.51. The van der Waals surface area contributed by atoms with Gasteiger partial charge in [-0.05, 0) is 19.1 Å². The van der Waals surface area contributed by atoms with Crippen LogP contribution >= 0.6 is 0 Å². The molecule has 0 amide bonds. The third kappa shape index (κ3) is 2.58. The zero-order valence-electron chi connectivity index (χ0n) is 11.3. The van der Waals surface area contributed by atoms with Crippen LogP contribution in [0, 0.1) is 17.5 Å². The maximum absolute atomic E-state index is 13.7. The van der Waals surface area contributed by atoms with Crippen LogP contribution in [0.3, 0.4) is 0 Å². The van der Waals surface area contributed by atoms with E-state index in [1.54, 1.807) is 0 Å². The lowest BCUT2D eigenvalue weighted by Crippen LogP contribution is -2.49. The van der Waals surface area contributed by atoms with Crippen molar-refractivity contribution in [2.45, 2.75) is 13.0 Å². The lowest BCUT2D eigenvalue weighted by atomic mass is 10.2. The van der Waals surface area contributed by atoms with Gasteiger partial charge in [-0.3, -0.25) is 5.10 Å². The summed E-state index contributed by atoms with van der Waals surface area (Å²) in [5.41, 5.74) is -0.143. The van der Waals surface area contributed by atoms with E-state index in [9.17, 15) is 13.2 Å². The molecule has 21 heavy (non-hydrogen) atoms. The molecule has 1 saturated heterocycles. The average Bonchev–Trinajstić information content (AvgIpc) is 2.94. The van der Waals surface area contributed by atoms with E-state index in [2.05, 4.69) is 20.5 Å². The molecule has 0 saturated carbocycles. The van der Waals surface area contributed by atoms with Gasteiger partial charge in [0.05, 0.1) is 5.56 Å². The van der Waals surface area contributed by atoms with Crippen molar-refractivity contribution >= 4 is 5.95 Å². The predicted molar refractivity (Wildman–Crippen MR) is 71.4 cm³/mol. The normalized spacial score (nSPS) is 19.0. The summed E-state index contributed by atoms with van der Waals surface area (Å²) in [6, 6.07) is 2.29. The van der Waals surface area contributed by atoms with Crippen molar-refractivity contribution in [2.24, 2.45) is 0 Å². The number of anilines is 1. The molecule has 2 N–H and O–H groups in total. The number of nitrogens with one attached hydrogen (secondary N) is 2. The summed E-state index contributed by atoms with van der Waals surface area (Å²) in [6.45, 7) is 4.28. The fourth-order valence-electron chi connectivity index (χ4n) is 2.34. The summed E-state index contributed by atoms with van der Waals surface area (Å²) < 4.78 is 39.9. The molecule has 0 unspecified atom stereocenters. The number of halogens is 3. The summed E-state index contributed by atoms with van der Waals surface area (Å²) in [7, 11) is 0. The van der Waals surface area contributed by atoms with Gasteiger partial charge in [0.25, 0.3) is 0 Å². The van der Waals surface area contributed by atoms with Gasteiger partial charge in [-0.1, -0.05) is 0 Å². The van der Waals surface area contributed by atoms with Crippen molar-refractivity contribution in [3.05, 3.63) is 29.6 Å². The van der Waals surface area contributed by atoms with Crippen LogP contribution in [0.2, 0.25) is 0 Å². The van der Waals surface area contributed by atoms with E-state index in [0.29, 0.717) is 12.0 Å². The molecule has 0 aliphatic carbocycles. The van der Waals surface area contributed by atoms with Crippen LogP contribution in [-0.4, -0.2) is 40.9 Å². The number of H-pyrrole nitrogens is 1. The number of benzene rings is 1. The number of rotatable bonds is 2. The highest BCUT2D eigenvalue weighted by atomic mass is 19.2. The molecule has 1 atom stereocenters. The molecule has 1 aliphatic heterocycles. The van der Waals surface area contributed by atoms with Crippen LogP contribution < -0.4 is 10.2 Å². The second-order valence-corrected chi connectivity index (χ2v) is 5.01. The zero-order valence-corrected chi connectivity index (χ0v) is 11.3. The quantitative estimate of drug-likeness (QED) is 0.828. The molecule has 8 heteroatoms. The molecule has 0 bridgehead atoms. The van der Waals surface area contributed by atoms with Crippen molar-refractivity contribution < 1.29 is 13.2 Å². The second kappa shape index (κ2) is 5.36. The molecular formula is C13H14F3N5. The lowest BCUT2D eigenvalue weighted by Gasteiger charge is -2.30. The molecule has 3 rings (SSSR count). The van der Waals surface area contributed by atoms with E-state index in [-0.39, 0.29) is 11.4 Å². The van der Waals surface area contributed by atoms with Crippen molar-refractivity contribution in [1.29, 1.82) is 0 Å². The van der Waals surface area contributed by atoms with E-state index in [1.807, 2.05) is 11.8 Å². The van der Waals surface area contributed by atoms with Gasteiger partial charge >= 0.3 is 0 Å². The largest absolute Gasteiger partial charge is 0.337 e. The Bertz CT molecular complexity index is 657. The molecule has 0 radical (unpaired) electrons. The van der Waals surface area contributed by atoms with Crippen molar-refractivity contribution in [3.63, 3.8) is 0 Å². The Labute approximate surface area is 119 Å². The van der Waals surface area contributed by atoms with E-state index >= 15 is 0 Å². The summed E-state index contributed by atoms with van der Waals surface area (Å²) >= 11 is 0. The minimum absolute atomic E-state index is 0.0765. The highest BCUT2D eigenvalue weighted by Crippen LogP contribution is 2.24. The van der Waals surface area contributed by atoms with Gasteiger partial charge in [0.15, 0.2) is 23.3 Å². The molecule has 0 spiro atoms. The van der Waals surface area contributed by atoms with Gasteiger partial charge < -0.3 is 10.2 Å². The van der Waals surface area contributed by atoms with Crippen LogP contribution in [0.15, 0.2) is 12.1 Å². The number of nitrogens with zero attached hydrogens (tertiary/aromatic N) is 3. The topological polar surface area (TPSA) is 56.8 Å². The third-order valence-electron chi connectivity index (χ3n) is 3.42. The number of hydrogen-bond acceptors (Lipinski definition) is 4. The predicted octanol–water partition coefficient (Wildman–Crippen LogP) is 1.69. The van der Waals surface area contributed by atoms with Gasteiger partial charge in [0.1, 0.15) is 0 Å². The lowest BCUT2D eigenvalue weighted by molar-refractivity contribution is 0.448. The van der Waals surface area contributed by atoms with Crippen molar-refractivity contribution in [2.75, 3.05) is 24.5 Å². The highest BCUT2D eigenvalue weighted by molar-refractivity contribution is 5.57. The van der Waals surface area contributed by atoms with Crippen LogP contribution in [-0.2, 0) is 0 Å². The molecule has 2 heterocycles. The first-order valence-electron chi connectivity index (χ1n) is 6.61. The van der Waals surface area contributed by atoms with Crippen LogP contribution in [0.5, 0.6) is 0 Å². The van der Waals surface area contributed by atoms with E-state index in [1.165, 1.54) is 0 Å². The molecule has 1 aromatic carbocycles. The SMILES string of the molecule is C[C@@H]1CN(c2n[nH]c(-c3ccc(F)c(F)c3F)n2)CCN1. The van der Waals surface area contributed by atoms with Crippen LogP contribution in [0.4, 0.5) is 19.1 Å².